The summed E-state index contributed by atoms with van der Waals surface area (Å²) in [5, 5.41) is 0. The standard InChI is InChI=1S/C23H29N3S/c1-4-24(5-2)15-10-16-25-21(19-12-7-6-11-18(19)3)17-26-20-13-8-9-14-22(20)27-23(25)26/h6-9,11-14,17,23H,4-5,10,15-16H2,1-3H3. The zero-order valence-corrected chi connectivity index (χ0v) is 17.4. The lowest BCUT2D eigenvalue weighted by Gasteiger charge is -2.30. The maximum Gasteiger partial charge on any atom is 0.159 e. The minimum Gasteiger partial charge on any atom is -0.340 e. The van der Waals surface area contributed by atoms with Gasteiger partial charge in [-0.05, 0) is 50.7 Å². The van der Waals surface area contributed by atoms with E-state index in [1.165, 1.54) is 33.8 Å². The summed E-state index contributed by atoms with van der Waals surface area (Å²) in [5.74, 6) is 0. The van der Waals surface area contributed by atoms with Gasteiger partial charge >= 0.3 is 0 Å². The summed E-state index contributed by atoms with van der Waals surface area (Å²) >= 11 is 1.98. The summed E-state index contributed by atoms with van der Waals surface area (Å²) in [6, 6.07) is 17.5. The van der Waals surface area contributed by atoms with Crippen LogP contribution in [0.15, 0.2) is 59.6 Å². The molecule has 2 aromatic rings. The zero-order valence-electron chi connectivity index (χ0n) is 16.6. The molecule has 27 heavy (non-hydrogen) atoms. The number of hydrogen-bond acceptors (Lipinski definition) is 4. The van der Waals surface area contributed by atoms with Crippen molar-refractivity contribution in [1.29, 1.82) is 0 Å². The average molecular weight is 380 g/mol. The Hall–Kier alpha value is -1.91. The van der Waals surface area contributed by atoms with Crippen molar-refractivity contribution in [1.82, 2.24) is 9.80 Å². The molecule has 3 nitrogen and oxygen atoms in total. The summed E-state index contributed by atoms with van der Waals surface area (Å²) in [7, 11) is 0. The monoisotopic (exact) mass is 379 g/mol. The SMILES string of the molecule is CCN(CC)CCCN1C(c2ccccc2C)=CN2c3ccccc3SC12. The predicted molar refractivity (Wildman–Crippen MR) is 117 cm³/mol. The van der Waals surface area contributed by atoms with Crippen molar-refractivity contribution in [2.45, 2.75) is 37.6 Å². The first kappa shape index (κ1) is 18.5. The van der Waals surface area contributed by atoms with Crippen LogP contribution in [0.2, 0.25) is 0 Å². The van der Waals surface area contributed by atoms with Gasteiger partial charge in [0.1, 0.15) is 0 Å². The molecule has 0 radical (unpaired) electrons. The molecule has 1 unspecified atom stereocenters. The van der Waals surface area contributed by atoms with E-state index in [2.05, 4.69) is 90.2 Å². The fourth-order valence-electron chi connectivity index (χ4n) is 4.05. The van der Waals surface area contributed by atoms with Gasteiger partial charge in [0.05, 0.1) is 11.4 Å². The smallest absolute Gasteiger partial charge is 0.159 e. The Labute approximate surface area is 167 Å². The Balaban J connectivity index is 1.61. The maximum atomic E-state index is 2.61. The van der Waals surface area contributed by atoms with E-state index >= 15 is 0 Å². The number of para-hydroxylation sites is 1. The molecule has 0 saturated carbocycles. The van der Waals surface area contributed by atoms with Crippen molar-refractivity contribution >= 4 is 23.1 Å². The van der Waals surface area contributed by atoms with Gasteiger partial charge in [-0.1, -0.05) is 62.0 Å². The van der Waals surface area contributed by atoms with E-state index in [4.69, 9.17) is 0 Å². The highest BCUT2D eigenvalue weighted by molar-refractivity contribution is 8.00. The molecule has 0 saturated heterocycles. The minimum absolute atomic E-state index is 0.341. The summed E-state index contributed by atoms with van der Waals surface area (Å²) in [4.78, 5) is 8.97. The van der Waals surface area contributed by atoms with Crippen molar-refractivity contribution in [3.8, 4) is 0 Å². The average Bonchev–Trinajstić information content (AvgIpc) is 3.22. The van der Waals surface area contributed by atoms with Crippen LogP contribution in [0.25, 0.3) is 5.70 Å². The van der Waals surface area contributed by atoms with Crippen LogP contribution in [0, 0.1) is 6.92 Å². The molecule has 0 amide bonds. The summed E-state index contributed by atoms with van der Waals surface area (Å²) in [5.41, 5.74) is 5.74. The number of anilines is 1. The predicted octanol–water partition coefficient (Wildman–Crippen LogP) is 5.24. The van der Waals surface area contributed by atoms with E-state index in [0.29, 0.717) is 5.50 Å². The number of fused-ring (bicyclic) bond motifs is 3. The lowest BCUT2D eigenvalue weighted by atomic mass is 10.1. The third kappa shape index (κ3) is 3.48. The first-order valence-electron chi connectivity index (χ1n) is 10.0. The molecular formula is C23H29N3S. The highest BCUT2D eigenvalue weighted by Gasteiger charge is 2.39. The quantitative estimate of drug-likeness (QED) is 0.651. The molecule has 0 bridgehead atoms. The van der Waals surface area contributed by atoms with Gasteiger partial charge in [0.15, 0.2) is 5.50 Å². The molecular weight excluding hydrogens is 350 g/mol. The molecule has 2 aliphatic rings. The van der Waals surface area contributed by atoms with Crippen LogP contribution >= 0.6 is 11.8 Å². The second kappa shape index (κ2) is 7.99. The number of benzene rings is 2. The van der Waals surface area contributed by atoms with Crippen molar-refractivity contribution < 1.29 is 0 Å². The summed E-state index contributed by atoms with van der Waals surface area (Å²) in [6.07, 6.45) is 3.55. The highest BCUT2D eigenvalue weighted by atomic mass is 32.2. The van der Waals surface area contributed by atoms with Gasteiger partial charge in [0, 0.05) is 23.2 Å². The molecule has 0 aliphatic carbocycles. The number of aryl methyl sites for hydroxylation is 1. The fourth-order valence-corrected chi connectivity index (χ4v) is 5.36. The van der Waals surface area contributed by atoms with Crippen LogP contribution in [-0.4, -0.2) is 41.5 Å². The molecule has 1 atom stereocenters. The molecule has 2 aliphatic heterocycles. The Morgan fingerprint density at radius 2 is 1.74 bits per heavy atom. The summed E-state index contributed by atoms with van der Waals surface area (Å²) in [6.45, 7) is 11.2. The van der Waals surface area contributed by atoms with Gasteiger partial charge in [0.2, 0.25) is 0 Å². The van der Waals surface area contributed by atoms with Gasteiger partial charge in [-0.25, -0.2) is 0 Å². The maximum absolute atomic E-state index is 2.61. The van der Waals surface area contributed by atoms with Crippen LogP contribution in [-0.2, 0) is 0 Å². The van der Waals surface area contributed by atoms with Crippen LogP contribution in [0.5, 0.6) is 0 Å². The van der Waals surface area contributed by atoms with Gasteiger partial charge in [-0.15, -0.1) is 0 Å². The number of thioether (sulfide) groups is 1. The van der Waals surface area contributed by atoms with Crippen molar-refractivity contribution in [3.05, 3.63) is 65.9 Å². The third-order valence-electron chi connectivity index (χ3n) is 5.64. The molecule has 0 aromatic heterocycles. The van der Waals surface area contributed by atoms with Crippen molar-refractivity contribution in [2.75, 3.05) is 31.1 Å². The number of nitrogens with zero attached hydrogens (tertiary/aromatic N) is 3. The normalized spacial score (nSPS) is 18.1. The highest BCUT2D eigenvalue weighted by Crippen LogP contribution is 2.50. The molecule has 4 heteroatoms. The van der Waals surface area contributed by atoms with E-state index in [9.17, 15) is 0 Å². The summed E-state index contributed by atoms with van der Waals surface area (Å²) < 4.78 is 0. The second-order valence-corrected chi connectivity index (χ2v) is 8.32. The van der Waals surface area contributed by atoms with Gasteiger partial charge < -0.3 is 14.7 Å². The first-order valence-corrected chi connectivity index (χ1v) is 10.9. The van der Waals surface area contributed by atoms with Crippen molar-refractivity contribution in [3.63, 3.8) is 0 Å². The Bertz CT molecular complexity index is 828. The zero-order chi connectivity index (χ0) is 18.8. The van der Waals surface area contributed by atoms with Crippen LogP contribution < -0.4 is 4.90 Å². The fraction of sp³-hybridized carbons (Fsp3) is 0.391. The molecule has 0 spiro atoms. The molecule has 2 aromatic carbocycles. The van der Waals surface area contributed by atoms with Crippen molar-refractivity contribution in [2.24, 2.45) is 0 Å². The first-order chi connectivity index (χ1) is 13.2. The Morgan fingerprint density at radius 1 is 1.00 bits per heavy atom. The van der Waals surface area contributed by atoms with Gasteiger partial charge in [0.25, 0.3) is 0 Å². The molecule has 0 fully saturated rings. The minimum atomic E-state index is 0.341. The van der Waals surface area contributed by atoms with E-state index in [1.807, 2.05) is 11.8 Å². The third-order valence-corrected chi connectivity index (χ3v) is 6.93. The lowest BCUT2D eigenvalue weighted by Crippen LogP contribution is -2.36. The van der Waals surface area contributed by atoms with Crippen LogP contribution in [0.3, 0.4) is 0 Å². The molecule has 4 rings (SSSR count). The molecule has 142 valence electrons. The Kier molecular flexibility index (Phi) is 5.46. The van der Waals surface area contributed by atoms with E-state index in [1.54, 1.807) is 0 Å². The molecule has 2 heterocycles. The van der Waals surface area contributed by atoms with E-state index < -0.39 is 0 Å². The largest absolute Gasteiger partial charge is 0.340 e. The lowest BCUT2D eigenvalue weighted by molar-refractivity contribution is 0.278. The van der Waals surface area contributed by atoms with Gasteiger partial charge in [-0.3, -0.25) is 0 Å². The van der Waals surface area contributed by atoms with E-state index in [0.717, 1.165) is 26.2 Å². The van der Waals surface area contributed by atoms with Crippen LogP contribution in [0.1, 0.15) is 31.4 Å². The molecule has 0 N–H and O–H groups in total. The topological polar surface area (TPSA) is 9.72 Å². The number of hydrogen-bond donors (Lipinski definition) is 0. The Morgan fingerprint density at radius 3 is 2.52 bits per heavy atom. The van der Waals surface area contributed by atoms with Gasteiger partial charge in [-0.2, -0.15) is 0 Å². The second-order valence-electron chi connectivity index (χ2n) is 7.22. The number of rotatable bonds is 7. The van der Waals surface area contributed by atoms with E-state index in [-0.39, 0.29) is 0 Å². The van der Waals surface area contributed by atoms with Crippen LogP contribution in [0.4, 0.5) is 5.69 Å².